The van der Waals surface area contributed by atoms with Crippen LogP contribution in [0, 0.1) is 11.3 Å². The van der Waals surface area contributed by atoms with Gasteiger partial charge in [-0.15, -0.1) is 0 Å². The van der Waals surface area contributed by atoms with E-state index in [1.165, 1.54) is 13.1 Å². The number of ether oxygens (including phenoxy) is 1. The summed E-state index contributed by atoms with van der Waals surface area (Å²) < 4.78 is 5.81. The van der Waals surface area contributed by atoms with E-state index in [1.807, 2.05) is 0 Å². The summed E-state index contributed by atoms with van der Waals surface area (Å²) in [4.78, 5) is 28.2. The van der Waals surface area contributed by atoms with E-state index in [1.54, 1.807) is 12.3 Å². The van der Waals surface area contributed by atoms with Gasteiger partial charge in [-0.2, -0.15) is 5.26 Å². The zero-order valence-electron chi connectivity index (χ0n) is 12.8. The summed E-state index contributed by atoms with van der Waals surface area (Å²) in [5.41, 5.74) is -0.584. The van der Waals surface area contributed by atoms with Crippen LogP contribution in [0.3, 0.4) is 0 Å². The second-order valence-electron chi connectivity index (χ2n) is 5.68. The molecule has 2 rings (SSSR count). The number of pyridine rings is 1. The first-order valence-corrected chi connectivity index (χ1v) is 8.30. The maximum Gasteiger partial charge on any atom is 0.340 e. The van der Waals surface area contributed by atoms with E-state index in [0.29, 0.717) is 17.3 Å². The zero-order chi connectivity index (χ0) is 16.9. The molecular formula is C16H18BrN3O3. The van der Waals surface area contributed by atoms with Gasteiger partial charge in [0, 0.05) is 16.9 Å². The molecule has 1 N–H and O–H groups in total. The molecule has 122 valence electrons. The monoisotopic (exact) mass is 379 g/mol. The fourth-order valence-electron chi connectivity index (χ4n) is 2.56. The smallest absolute Gasteiger partial charge is 0.340 e. The summed E-state index contributed by atoms with van der Waals surface area (Å²) in [5.74, 6) is -1.08. The first-order chi connectivity index (χ1) is 11.0. The van der Waals surface area contributed by atoms with Crippen molar-refractivity contribution in [2.45, 2.75) is 50.7 Å². The van der Waals surface area contributed by atoms with Crippen molar-refractivity contribution in [3.8, 4) is 6.07 Å². The molecule has 0 aromatic carbocycles. The molecule has 7 heteroatoms. The normalized spacial score (nSPS) is 17.6. The molecule has 1 aliphatic carbocycles. The van der Waals surface area contributed by atoms with Crippen molar-refractivity contribution in [3.63, 3.8) is 0 Å². The predicted octanol–water partition coefficient (Wildman–Crippen LogP) is 2.73. The largest absolute Gasteiger partial charge is 0.449 e. The lowest BCUT2D eigenvalue weighted by Gasteiger charge is -2.32. The average molecular weight is 380 g/mol. The van der Waals surface area contributed by atoms with Crippen LogP contribution in [0.4, 0.5) is 0 Å². The summed E-state index contributed by atoms with van der Waals surface area (Å²) >= 11 is 3.22. The van der Waals surface area contributed by atoms with E-state index in [-0.39, 0.29) is 5.56 Å². The highest BCUT2D eigenvalue weighted by molar-refractivity contribution is 9.10. The number of amides is 1. The first kappa shape index (κ1) is 17.4. The second-order valence-corrected chi connectivity index (χ2v) is 6.60. The van der Waals surface area contributed by atoms with Crippen molar-refractivity contribution in [2.75, 3.05) is 0 Å². The van der Waals surface area contributed by atoms with Crippen LogP contribution in [-0.2, 0) is 9.53 Å². The van der Waals surface area contributed by atoms with Gasteiger partial charge in [-0.25, -0.2) is 4.79 Å². The molecule has 1 fully saturated rings. The van der Waals surface area contributed by atoms with Crippen LogP contribution in [-0.4, -0.2) is 28.5 Å². The molecule has 0 saturated heterocycles. The van der Waals surface area contributed by atoms with E-state index < -0.39 is 23.5 Å². The van der Waals surface area contributed by atoms with Gasteiger partial charge < -0.3 is 10.1 Å². The molecule has 0 bridgehead atoms. The Hall–Kier alpha value is -1.94. The molecule has 1 saturated carbocycles. The lowest BCUT2D eigenvalue weighted by Crippen LogP contribution is -2.52. The Morgan fingerprint density at radius 3 is 2.70 bits per heavy atom. The molecule has 0 aliphatic heterocycles. The number of rotatable bonds is 4. The van der Waals surface area contributed by atoms with Crippen LogP contribution in [0.2, 0.25) is 0 Å². The van der Waals surface area contributed by atoms with Crippen molar-refractivity contribution in [1.82, 2.24) is 10.3 Å². The van der Waals surface area contributed by atoms with Gasteiger partial charge in [-0.05, 0) is 41.8 Å². The Labute approximate surface area is 143 Å². The highest BCUT2D eigenvalue weighted by Gasteiger charge is 2.35. The van der Waals surface area contributed by atoms with E-state index in [2.05, 4.69) is 32.3 Å². The van der Waals surface area contributed by atoms with E-state index in [0.717, 1.165) is 19.3 Å². The van der Waals surface area contributed by atoms with Crippen LogP contribution in [0.5, 0.6) is 0 Å². The second kappa shape index (κ2) is 7.55. The lowest BCUT2D eigenvalue weighted by atomic mass is 9.83. The van der Waals surface area contributed by atoms with E-state index >= 15 is 0 Å². The van der Waals surface area contributed by atoms with Gasteiger partial charge in [0.15, 0.2) is 6.10 Å². The van der Waals surface area contributed by atoms with Crippen LogP contribution >= 0.6 is 15.9 Å². The third-order valence-electron chi connectivity index (χ3n) is 3.88. The maximum atomic E-state index is 12.2. The summed E-state index contributed by atoms with van der Waals surface area (Å²) in [6, 6.07) is 3.77. The Kier molecular flexibility index (Phi) is 5.72. The molecular weight excluding hydrogens is 362 g/mol. The highest BCUT2D eigenvalue weighted by Crippen LogP contribution is 2.27. The van der Waals surface area contributed by atoms with Gasteiger partial charge in [0.2, 0.25) is 0 Å². The summed E-state index contributed by atoms with van der Waals surface area (Å²) in [5, 5.41) is 12.1. The Morgan fingerprint density at radius 1 is 1.39 bits per heavy atom. The van der Waals surface area contributed by atoms with Crippen molar-refractivity contribution >= 4 is 27.8 Å². The number of hydrogen-bond donors (Lipinski definition) is 1. The van der Waals surface area contributed by atoms with Crippen molar-refractivity contribution in [2.24, 2.45) is 0 Å². The minimum Gasteiger partial charge on any atom is -0.449 e. The number of halogens is 1. The number of aromatic nitrogens is 1. The topological polar surface area (TPSA) is 92.1 Å². The maximum absolute atomic E-state index is 12.2. The summed E-state index contributed by atoms with van der Waals surface area (Å²) in [6.45, 7) is 1.49. The number of nitrogens with one attached hydrogen (secondary N) is 1. The Morgan fingerprint density at radius 2 is 2.09 bits per heavy atom. The van der Waals surface area contributed by atoms with Gasteiger partial charge in [0.05, 0.1) is 11.6 Å². The van der Waals surface area contributed by atoms with Gasteiger partial charge in [-0.3, -0.25) is 9.78 Å². The number of nitriles is 1. The fraction of sp³-hybridized carbons (Fsp3) is 0.500. The van der Waals surface area contributed by atoms with Gasteiger partial charge in [0.1, 0.15) is 5.54 Å². The van der Waals surface area contributed by atoms with Crippen LogP contribution < -0.4 is 5.32 Å². The van der Waals surface area contributed by atoms with Crippen molar-refractivity contribution in [3.05, 3.63) is 28.5 Å². The lowest BCUT2D eigenvalue weighted by molar-refractivity contribution is -0.130. The molecule has 1 aromatic rings. The molecule has 0 radical (unpaired) electrons. The van der Waals surface area contributed by atoms with E-state index in [9.17, 15) is 14.9 Å². The van der Waals surface area contributed by atoms with Gasteiger partial charge in [-0.1, -0.05) is 19.3 Å². The molecule has 1 amide bonds. The quantitative estimate of drug-likeness (QED) is 0.811. The SMILES string of the molecule is CC(OC(=O)c1cncc(Br)c1)C(=O)NC1(C#N)CCCCC1. The molecule has 6 nitrogen and oxygen atoms in total. The van der Waals surface area contributed by atoms with Crippen LogP contribution in [0.15, 0.2) is 22.9 Å². The van der Waals surface area contributed by atoms with Crippen LogP contribution in [0.25, 0.3) is 0 Å². The summed E-state index contributed by atoms with van der Waals surface area (Å²) in [6.07, 6.45) is 6.09. The van der Waals surface area contributed by atoms with Crippen molar-refractivity contribution < 1.29 is 14.3 Å². The minimum absolute atomic E-state index is 0.256. The van der Waals surface area contributed by atoms with Gasteiger partial charge >= 0.3 is 5.97 Å². The Balaban J connectivity index is 1.97. The standard InChI is InChI=1S/C16H18BrN3O3/c1-11(23-15(22)12-7-13(17)9-19-8-12)14(21)20-16(10-18)5-3-2-4-6-16/h7-9,11H,2-6H2,1H3,(H,20,21). The third kappa shape index (κ3) is 4.52. The van der Waals surface area contributed by atoms with Gasteiger partial charge in [0.25, 0.3) is 5.91 Å². The molecule has 1 atom stereocenters. The number of nitrogens with zero attached hydrogens (tertiary/aromatic N) is 2. The van der Waals surface area contributed by atoms with Crippen LogP contribution in [0.1, 0.15) is 49.4 Å². The van der Waals surface area contributed by atoms with E-state index in [4.69, 9.17) is 4.74 Å². The average Bonchev–Trinajstić information content (AvgIpc) is 2.55. The minimum atomic E-state index is -0.978. The molecule has 1 aromatic heterocycles. The predicted molar refractivity (Wildman–Crippen MR) is 86.4 cm³/mol. The molecule has 1 heterocycles. The molecule has 0 spiro atoms. The molecule has 23 heavy (non-hydrogen) atoms. The number of hydrogen-bond acceptors (Lipinski definition) is 5. The Bertz CT molecular complexity index is 636. The highest BCUT2D eigenvalue weighted by atomic mass is 79.9. The zero-order valence-corrected chi connectivity index (χ0v) is 14.4. The fourth-order valence-corrected chi connectivity index (χ4v) is 2.93. The number of carbonyl (C=O) groups excluding carboxylic acids is 2. The number of esters is 1. The van der Waals surface area contributed by atoms with Crippen molar-refractivity contribution in [1.29, 1.82) is 5.26 Å². The molecule has 1 unspecified atom stereocenters. The number of carbonyl (C=O) groups is 2. The molecule has 1 aliphatic rings. The first-order valence-electron chi connectivity index (χ1n) is 7.50. The summed E-state index contributed by atoms with van der Waals surface area (Å²) in [7, 11) is 0. The third-order valence-corrected chi connectivity index (χ3v) is 4.31.